The van der Waals surface area contributed by atoms with Crippen molar-refractivity contribution in [2.45, 2.75) is 26.3 Å². The molecule has 0 aliphatic heterocycles. The van der Waals surface area contributed by atoms with Crippen LogP contribution >= 0.6 is 0 Å². The van der Waals surface area contributed by atoms with Gasteiger partial charge in [-0.15, -0.1) is 0 Å². The van der Waals surface area contributed by atoms with Gasteiger partial charge >= 0.3 is 5.97 Å². The van der Waals surface area contributed by atoms with Gasteiger partial charge in [-0.3, -0.25) is 4.68 Å². The van der Waals surface area contributed by atoms with Gasteiger partial charge in [0.15, 0.2) is 0 Å². The molecule has 0 aromatic carbocycles. The van der Waals surface area contributed by atoms with E-state index in [1.165, 1.54) is 0 Å². The Labute approximate surface area is 82.9 Å². The number of rotatable bonds is 2. The van der Waals surface area contributed by atoms with Crippen molar-refractivity contribution in [2.24, 2.45) is 0 Å². The van der Waals surface area contributed by atoms with Gasteiger partial charge in [-0.05, 0) is 32.9 Å². The highest BCUT2D eigenvalue weighted by molar-refractivity contribution is 5.84. The summed E-state index contributed by atoms with van der Waals surface area (Å²) >= 11 is 0. The minimum absolute atomic E-state index is 0.137. The lowest BCUT2D eigenvalue weighted by molar-refractivity contribution is -0.131. The summed E-state index contributed by atoms with van der Waals surface area (Å²) in [5.74, 6) is -0.952. The number of aromatic nitrogens is 2. The molecule has 0 saturated carbocycles. The van der Waals surface area contributed by atoms with E-state index < -0.39 is 5.97 Å². The zero-order valence-electron chi connectivity index (χ0n) is 8.56. The predicted molar refractivity (Wildman–Crippen MR) is 53.9 cm³/mol. The summed E-state index contributed by atoms with van der Waals surface area (Å²) in [6, 6.07) is 1.78. The molecule has 0 fully saturated rings. The highest BCUT2D eigenvalue weighted by Crippen LogP contribution is 2.16. The fourth-order valence-electron chi connectivity index (χ4n) is 1.16. The maximum absolute atomic E-state index is 10.3. The summed E-state index contributed by atoms with van der Waals surface area (Å²) in [4.78, 5) is 10.3. The molecule has 0 saturated heterocycles. The number of aliphatic carboxylic acids is 1. The summed E-state index contributed by atoms with van der Waals surface area (Å²) in [6.07, 6.45) is 4.31. The Morgan fingerprint density at radius 2 is 2.21 bits per heavy atom. The molecule has 0 atom stereocenters. The maximum atomic E-state index is 10.3. The third-order valence-corrected chi connectivity index (χ3v) is 1.70. The first-order valence-corrected chi connectivity index (χ1v) is 4.37. The summed E-state index contributed by atoms with van der Waals surface area (Å²) in [5, 5.41) is 12.6. The molecule has 0 radical (unpaired) electrons. The number of hydrogen-bond donors (Lipinski definition) is 1. The molecular weight excluding hydrogens is 180 g/mol. The van der Waals surface area contributed by atoms with Crippen molar-refractivity contribution in [1.82, 2.24) is 9.78 Å². The van der Waals surface area contributed by atoms with E-state index in [0.717, 1.165) is 11.8 Å². The molecule has 1 N–H and O–H groups in total. The van der Waals surface area contributed by atoms with Crippen molar-refractivity contribution >= 4 is 12.0 Å². The minimum atomic E-state index is -0.952. The van der Waals surface area contributed by atoms with Gasteiger partial charge in [0.1, 0.15) is 0 Å². The number of carboxylic acids is 1. The van der Waals surface area contributed by atoms with Crippen LogP contribution in [0.3, 0.4) is 0 Å². The molecule has 4 heteroatoms. The van der Waals surface area contributed by atoms with Crippen LogP contribution in [0.15, 0.2) is 18.3 Å². The van der Waals surface area contributed by atoms with E-state index in [4.69, 9.17) is 5.11 Å². The summed E-state index contributed by atoms with van der Waals surface area (Å²) in [6.45, 7) is 6.04. The summed E-state index contributed by atoms with van der Waals surface area (Å²) < 4.78 is 1.78. The Kier molecular flexibility index (Phi) is 2.74. The molecule has 0 aliphatic carbocycles. The molecule has 1 aromatic heterocycles. The average Bonchev–Trinajstić information content (AvgIpc) is 2.46. The quantitative estimate of drug-likeness (QED) is 0.729. The lowest BCUT2D eigenvalue weighted by Gasteiger charge is -2.21. The number of nitrogens with zero attached hydrogens (tertiary/aromatic N) is 2. The van der Waals surface area contributed by atoms with Crippen molar-refractivity contribution in [3.05, 3.63) is 24.0 Å². The fourth-order valence-corrected chi connectivity index (χ4v) is 1.16. The molecule has 76 valence electrons. The van der Waals surface area contributed by atoms with Gasteiger partial charge in [-0.2, -0.15) is 5.10 Å². The first-order valence-electron chi connectivity index (χ1n) is 4.37. The normalized spacial score (nSPS) is 12.2. The molecule has 0 amide bonds. The smallest absolute Gasteiger partial charge is 0.328 e. The maximum Gasteiger partial charge on any atom is 0.328 e. The second kappa shape index (κ2) is 3.65. The van der Waals surface area contributed by atoms with Gasteiger partial charge in [-0.25, -0.2) is 4.79 Å². The first kappa shape index (κ1) is 10.5. The number of carbonyl (C=O) groups is 1. The lowest BCUT2D eigenvalue weighted by atomic mass is 10.1. The highest BCUT2D eigenvalue weighted by atomic mass is 16.4. The van der Waals surface area contributed by atoms with Crippen LogP contribution in [-0.2, 0) is 10.3 Å². The van der Waals surface area contributed by atoms with E-state index in [2.05, 4.69) is 5.10 Å². The SMILES string of the molecule is CC(C)(C)n1nccc1/C=C/C(=O)O. The number of carboxylic acid groups (broad SMARTS) is 1. The Balaban J connectivity index is 3.00. The van der Waals surface area contributed by atoms with Gasteiger partial charge in [0, 0.05) is 12.3 Å². The van der Waals surface area contributed by atoms with E-state index in [1.807, 2.05) is 20.8 Å². The second-order valence-corrected chi connectivity index (χ2v) is 4.01. The lowest BCUT2D eigenvalue weighted by Crippen LogP contribution is -2.24. The average molecular weight is 194 g/mol. The number of hydrogen-bond acceptors (Lipinski definition) is 2. The third kappa shape index (κ3) is 2.45. The standard InChI is InChI=1S/C10H14N2O2/c1-10(2,3)12-8(6-7-11-12)4-5-9(13)14/h4-7H,1-3H3,(H,13,14)/b5-4+. The van der Waals surface area contributed by atoms with Crippen LogP contribution in [0.4, 0.5) is 0 Å². The molecule has 1 rings (SSSR count). The topological polar surface area (TPSA) is 55.1 Å². The van der Waals surface area contributed by atoms with E-state index in [9.17, 15) is 4.79 Å². The van der Waals surface area contributed by atoms with Gasteiger partial charge in [-0.1, -0.05) is 0 Å². The predicted octanol–water partition coefficient (Wildman–Crippen LogP) is 1.74. The molecule has 0 aliphatic rings. The zero-order valence-corrected chi connectivity index (χ0v) is 8.56. The van der Waals surface area contributed by atoms with E-state index in [0.29, 0.717) is 0 Å². The zero-order chi connectivity index (χ0) is 10.8. The molecule has 1 aromatic rings. The van der Waals surface area contributed by atoms with Crippen LogP contribution < -0.4 is 0 Å². The molecule has 0 bridgehead atoms. The monoisotopic (exact) mass is 194 g/mol. The van der Waals surface area contributed by atoms with Crippen LogP contribution in [0.2, 0.25) is 0 Å². The Hall–Kier alpha value is -1.58. The molecule has 0 unspecified atom stereocenters. The van der Waals surface area contributed by atoms with Gasteiger partial charge in [0.25, 0.3) is 0 Å². The van der Waals surface area contributed by atoms with E-state index in [-0.39, 0.29) is 5.54 Å². The fraction of sp³-hybridized carbons (Fsp3) is 0.400. The molecule has 0 spiro atoms. The highest BCUT2D eigenvalue weighted by Gasteiger charge is 2.15. The summed E-state index contributed by atoms with van der Waals surface area (Å²) in [5.41, 5.74) is 0.654. The van der Waals surface area contributed by atoms with Crippen LogP contribution in [-0.4, -0.2) is 20.9 Å². The van der Waals surface area contributed by atoms with Gasteiger partial charge in [0.05, 0.1) is 11.2 Å². The molecule has 14 heavy (non-hydrogen) atoms. The third-order valence-electron chi connectivity index (χ3n) is 1.70. The summed E-state index contributed by atoms with van der Waals surface area (Å²) in [7, 11) is 0. The second-order valence-electron chi connectivity index (χ2n) is 4.01. The Morgan fingerprint density at radius 3 is 2.71 bits per heavy atom. The van der Waals surface area contributed by atoms with Crippen LogP contribution in [0, 0.1) is 0 Å². The minimum Gasteiger partial charge on any atom is -0.478 e. The molecule has 4 nitrogen and oxygen atoms in total. The van der Waals surface area contributed by atoms with Crippen molar-refractivity contribution in [3.63, 3.8) is 0 Å². The van der Waals surface area contributed by atoms with Crippen LogP contribution in [0.25, 0.3) is 6.08 Å². The van der Waals surface area contributed by atoms with Gasteiger partial charge < -0.3 is 5.11 Å². The molecule has 1 heterocycles. The van der Waals surface area contributed by atoms with Crippen molar-refractivity contribution in [2.75, 3.05) is 0 Å². The Bertz CT molecular complexity index is 358. The largest absolute Gasteiger partial charge is 0.478 e. The van der Waals surface area contributed by atoms with Gasteiger partial charge in [0.2, 0.25) is 0 Å². The van der Waals surface area contributed by atoms with Crippen molar-refractivity contribution < 1.29 is 9.90 Å². The van der Waals surface area contributed by atoms with E-state index in [1.54, 1.807) is 23.0 Å². The van der Waals surface area contributed by atoms with Crippen LogP contribution in [0.5, 0.6) is 0 Å². The van der Waals surface area contributed by atoms with Crippen LogP contribution in [0.1, 0.15) is 26.5 Å². The van der Waals surface area contributed by atoms with Crippen molar-refractivity contribution in [3.8, 4) is 0 Å². The Morgan fingerprint density at radius 1 is 1.57 bits per heavy atom. The van der Waals surface area contributed by atoms with E-state index >= 15 is 0 Å². The van der Waals surface area contributed by atoms with Crippen molar-refractivity contribution in [1.29, 1.82) is 0 Å². The molecular formula is C10H14N2O2. The first-order chi connectivity index (χ1) is 6.41.